The Morgan fingerprint density at radius 3 is 1.44 bits per heavy atom. The van der Waals surface area contributed by atoms with Crippen LogP contribution >= 0.6 is 11.3 Å². The number of aromatic nitrogens is 4. The summed E-state index contributed by atoms with van der Waals surface area (Å²) < 4.78 is 19.0. The fourth-order valence-electron chi connectivity index (χ4n) is 14.4. The van der Waals surface area contributed by atoms with Crippen molar-refractivity contribution < 1.29 is 4.42 Å². The molecule has 8 heteroatoms. The highest BCUT2D eigenvalue weighted by Gasteiger charge is 2.37. The number of hydrogen-bond donors (Lipinski definition) is 0. The van der Waals surface area contributed by atoms with Gasteiger partial charge < -0.3 is 22.7 Å². The van der Waals surface area contributed by atoms with E-state index in [1.807, 2.05) is 6.07 Å². The van der Waals surface area contributed by atoms with Crippen molar-refractivity contribution in [2.24, 2.45) is 0 Å². The molecule has 0 spiro atoms. The largest absolute Gasteiger partial charge is 0.454 e. The van der Waals surface area contributed by atoms with Gasteiger partial charge in [-0.2, -0.15) is 10.5 Å². The summed E-state index contributed by atoms with van der Waals surface area (Å²) in [5.74, 6) is 0. The van der Waals surface area contributed by atoms with Crippen molar-refractivity contribution in [1.82, 2.24) is 18.3 Å². The van der Waals surface area contributed by atoms with Crippen molar-refractivity contribution >= 4 is 141 Å². The molecule has 6 heterocycles. The highest BCUT2D eigenvalue weighted by atomic mass is 32.1. The zero-order valence-electron chi connectivity index (χ0n) is 48.1. The smallest absolute Gasteiger partial charge is 0.160 e. The fraction of sp³-hybridized carbons (Fsp3) is 0.117. The van der Waals surface area contributed by atoms with Crippen molar-refractivity contribution in [2.45, 2.75) is 59.3 Å². The molecule has 404 valence electrons. The molecule has 0 saturated carbocycles. The van der Waals surface area contributed by atoms with Gasteiger partial charge in [-0.15, -0.1) is 11.3 Å². The molecule has 0 fully saturated rings. The highest BCUT2D eigenvalue weighted by molar-refractivity contribution is 7.26. The van der Waals surface area contributed by atoms with E-state index in [4.69, 9.17) is 4.42 Å². The maximum Gasteiger partial charge on any atom is 0.160 e. The van der Waals surface area contributed by atoms with Gasteiger partial charge in [-0.1, -0.05) is 181 Å². The standard InChI is InChI=1S/C77H54N6OS/c1-43-32-36-63-53(38-43)50-34-35-51-49-24-13-19-31-66(49)85-75(51)72(50)83(63)73-69(80-59-26-14-8-20-45(59)46-21-9-15-27-60(46)80)56(41-78)68(57(42-79)70(73)81-61-28-16-10-22-47(61)48-23-11-17-29-62(48)81)82-64-37-33-44(76(2,3)4)39-54(64)55-40-58(77(5,6)7)67-52-25-12-18-30-65(52)84-74(67)71(55)82/h8-40H,1-7H3. The van der Waals surface area contributed by atoms with Gasteiger partial charge in [0.2, 0.25) is 0 Å². The van der Waals surface area contributed by atoms with Gasteiger partial charge in [0.1, 0.15) is 28.8 Å². The number of nitrogens with zero attached hydrogens (tertiary/aromatic N) is 6. The summed E-state index contributed by atoms with van der Waals surface area (Å²) in [6, 6.07) is 77.7. The third kappa shape index (κ3) is 6.63. The van der Waals surface area contributed by atoms with Gasteiger partial charge >= 0.3 is 0 Å². The molecule has 0 aliphatic heterocycles. The van der Waals surface area contributed by atoms with E-state index >= 15 is 0 Å². The van der Waals surface area contributed by atoms with Crippen LogP contribution in [0.2, 0.25) is 0 Å². The van der Waals surface area contributed by atoms with E-state index < -0.39 is 0 Å². The molecule has 17 rings (SSSR count). The van der Waals surface area contributed by atoms with Crippen LogP contribution in [-0.2, 0) is 10.8 Å². The van der Waals surface area contributed by atoms with Crippen molar-refractivity contribution in [2.75, 3.05) is 0 Å². The minimum Gasteiger partial charge on any atom is -0.454 e. The normalized spacial score (nSPS) is 12.6. The van der Waals surface area contributed by atoms with Crippen molar-refractivity contribution in [3.05, 3.63) is 228 Å². The lowest BCUT2D eigenvalue weighted by atomic mass is 9.82. The van der Waals surface area contributed by atoms with Crippen molar-refractivity contribution in [1.29, 1.82) is 10.5 Å². The number of aryl methyl sites for hydroxylation is 1. The predicted octanol–water partition coefficient (Wildman–Crippen LogP) is 21.0. The first-order valence-corrected chi connectivity index (χ1v) is 29.9. The number of thiophene rings is 1. The molecule has 0 unspecified atom stereocenters. The molecule has 0 saturated heterocycles. The Balaban J connectivity index is 1.22. The van der Waals surface area contributed by atoms with E-state index in [-0.39, 0.29) is 10.8 Å². The van der Waals surface area contributed by atoms with E-state index in [2.05, 4.69) is 273 Å². The summed E-state index contributed by atoms with van der Waals surface area (Å²) in [7, 11) is 0. The minimum atomic E-state index is -0.305. The Morgan fingerprint density at radius 1 is 0.388 bits per heavy atom. The van der Waals surface area contributed by atoms with Gasteiger partial charge in [-0.25, -0.2) is 0 Å². The lowest BCUT2D eigenvalue weighted by Gasteiger charge is -2.27. The first kappa shape index (κ1) is 49.2. The first-order chi connectivity index (χ1) is 41.3. The van der Waals surface area contributed by atoms with Gasteiger partial charge in [-0.3, -0.25) is 0 Å². The minimum absolute atomic E-state index is 0.204. The molecular formula is C77H54N6OS. The fourth-order valence-corrected chi connectivity index (χ4v) is 15.6. The van der Waals surface area contributed by atoms with E-state index in [1.165, 1.54) is 15.6 Å². The molecule has 0 N–H and O–H groups in total. The Morgan fingerprint density at radius 2 is 0.871 bits per heavy atom. The third-order valence-electron chi connectivity index (χ3n) is 18.2. The molecule has 7 nitrogen and oxygen atoms in total. The van der Waals surface area contributed by atoms with Crippen LogP contribution < -0.4 is 0 Å². The zero-order valence-corrected chi connectivity index (χ0v) is 48.9. The van der Waals surface area contributed by atoms with Gasteiger partial charge in [-0.05, 0) is 95.6 Å². The Bertz CT molecular complexity index is 5660. The maximum atomic E-state index is 13.0. The summed E-state index contributed by atoms with van der Waals surface area (Å²) in [5, 5.41) is 38.8. The van der Waals surface area contributed by atoms with E-state index in [0.29, 0.717) is 39.5 Å². The second-order valence-electron chi connectivity index (χ2n) is 25.1. The number of fused-ring (bicyclic) bond motifs is 20. The summed E-state index contributed by atoms with van der Waals surface area (Å²) in [5.41, 5.74) is 14.9. The molecule has 6 aromatic heterocycles. The first-order valence-electron chi connectivity index (χ1n) is 29.1. The number of benzene rings is 11. The van der Waals surface area contributed by atoms with Gasteiger partial charge in [0.15, 0.2) is 5.58 Å². The maximum absolute atomic E-state index is 13.0. The Hall–Kier alpha value is -10.4. The molecule has 0 atom stereocenters. The monoisotopic (exact) mass is 1110 g/mol. The topological polar surface area (TPSA) is 80.4 Å². The summed E-state index contributed by atoms with van der Waals surface area (Å²) in [6.07, 6.45) is 0. The van der Waals surface area contributed by atoms with Gasteiger partial charge in [0.25, 0.3) is 0 Å². The Kier molecular flexibility index (Phi) is 10.0. The van der Waals surface area contributed by atoms with Crippen LogP contribution in [0.4, 0.5) is 0 Å². The molecule has 0 aliphatic carbocycles. The molecule has 0 aliphatic rings. The second-order valence-corrected chi connectivity index (χ2v) is 26.1. The number of furan rings is 1. The van der Waals surface area contributed by atoms with Crippen LogP contribution in [0.25, 0.3) is 152 Å². The van der Waals surface area contributed by atoms with Crippen LogP contribution in [0.5, 0.6) is 0 Å². The molecule has 85 heavy (non-hydrogen) atoms. The number of para-hydroxylation sites is 5. The molecule has 11 aromatic carbocycles. The van der Waals surface area contributed by atoms with E-state index in [1.54, 1.807) is 11.3 Å². The number of hydrogen-bond acceptors (Lipinski definition) is 4. The average molecular weight is 1110 g/mol. The number of rotatable bonds is 4. The molecule has 0 bridgehead atoms. The van der Waals surface area contributed by atoms with Crippen molar-refractivity contribution in [3.8, 4) is 34.9 Å². The van der Waals surface area contributed by atoms with Crippen LogP contribution in [0.3, 0.4) is 0 Å². The number of nitriles is 2. The average Bonchev–Trinajstić information content (AvgIpc) is 1.63. The molecular weight excluding hydrogens is 1060 g/mol. The zero-order chi connectivity index (χ0) is 57.5. The van der Waals surface area contributed by atoms with Crippen LogP contribution in [-0.4, -0.2) is 18.3 Å². The highest BCUT2D eigenvalue weighted by Crippen LogP contribution is 2.53. The molecule has 17 aromatic rings. The van der Waals surface area contributed by atoms with E-state index in [0.717, 1.165) is 125 Å². The van der Waals surface area contributed by atoms with Gasteiger partial charge in [0.05, 0.1) is 71.6 Å². The lowest BCUT2D eigenvalue weighted by Crippen LogP contribution is -2.17. The van der Waals surface area contributed by atoms with Crippen LogP contribution in [0, 0.1) is 29.6 Å². The summed E-state index contributed by atoms with van der Waals surface area (Å²) >= 11 is 1.79. The molecule has 0 amide bonds. The SMILES string of the molecule is Cc1ccc2c(c1)c1ccc3c4ccccc4sc3c1n2-c1c(-n2c3ccccc3c3ccccc32)c(C#N)c(-n2c3ccc(C(C)(C)C)cc3c3cc(C(C)(C)C)c4c5ccccc5oc4c32)c(C#N)c1-n1c2ccccc2c2ccccc21. The lowest BCUT2D eigenvalue weighted by molar-refractivity contribution is 0.591. The van der Waals surface area contributed by atoms with Crippen LogP contribution in [0.1, 0.15) is 69.4 Å². The second kappa shape index (κ2) is 17.3. The Labute approximate surface area is 493 Å². The van der Waals surface area contributed by atoms with E-state index in [9.17, 15) is 10.5 Å². The third-order valence-corrected chi connectivity index (χ3v) is 19.3. The predicted molar refractivity (Wildman–Crippen MR) is 356 cm³/mol. The van der Waals surface area contributed by atoms with Gasteiger partial charge in [0, 0.05) is 69.3 Å². The quantitative estimate of drug-likeness (QED) is 0.176. The molecule has 0 radical (unpaired) electrons. The summed E-state index contributed by atoms with van der Waals surface area (Å²) in [6.45, 7) is 15.7. The summed E-state index contributed by atoms with van der Waals surface area (Å²) in [4.78, 5) is 0. The van der Waals surface area contributed by atoms with Crippen LogP contribution in [0.15, 0.2) is 205 Å². The van der Waals surface area contributed by atoms with Crippen molar-refractivity contribution in [3.63, 3.8) is 0 Å².